The third-order valence-electron chi connectivity index (χ3n) is 2.30. The lowest BCUT2D eigenvalue weighted by atomic mass is 10.2. The number of carboxylic acid groups (broad SMARTS) is 1. The fraction of sp³-hybridized carbons (Fsp3) is 0.0769. The highest BCUT2D eigenvalue weighted by Gasteiger charge is 2.11. The number of pyridine rings is 1. The van der Waals surface area contributed by atoms with Crippen LogP contribution in [0.4, 0.5) is 0 Å². The van der Waals surface area contributed by atoms with Gasteiger partial charge in [0.25, 0.3) is 0 Å². The summed E-state index contributed by atoms with van der Waals surface area (Å²) in [5, 5.41) is 9.02. The average molecular weight is 229 g/mol. The van der Waals surface area contributed by atoms with E-state index in [2.05, 4.69) is 4.98 Å². The van der Waals surface area contributed by atoms with Crippen molar-refractivity contribution in [3.05, 3.63) is 53.9 Å². The predicted molar refractivity (Wildman–Crippen MR) is 62.4 cm³/mol. The number of aryl methyl sites for hydroxylation is 1. The van der Waals surface area contributed by atoms with Crippen molar-refractivity contribution in [3.63, 3.8) is 0 Å². The Hall–Kier alpha value is -2.36. The molecule has 0 amide bonds. The number of hydrogen-bond donors (Lipinski definition) is 1. The maximum absolute atomic E-state index is 11.0. The van der Waals surface area contributed by atoms with Crippen LogP contribution in [0.1, 0.15) is 16.1 Å². The number of ether oxygens (including phenoxy) is 1. The Morgan fingerprint density at radius 2 is 1.88 bits per heavy atom. The highest BCUT2D eigenvalue weighted by Crippen LogP contribution is 2.26. The first-order valence-electron chi connectivity index (χ1n) is 5.10. The molecule has 1 aromatic heterocycles. The molecule has 0 spiro atoms. The van der Waals surface area contributed by atoms with Crippen LogP contribution in [0.15, 0.2) is 42.6 Å². The molecule has 17 heavy (non-hydrogen) atoms. The van der Waals surface area contributed by atoms with Crippen molar-refractivity contribution in [1.82, 2.24) is 4.98 Å². The smallest absolute Gasteiger partial charge is 0.339 e. The monoisotopic (exact) mass is 229 g/mol. The van der Waals surface area contributed by atoms with E-state index in [1.807, 2.05) is 0 Å². The van der Waals surface area contributed by atoms with Gasteiger partial charge in [-0.15, -0.1) is 0 Å². The number of aromatic nitrogens is 1. The summed E-state index contributed by atoms with van der Waals surface area (Å²) in [5.74, 6) is -0.139. The quantitative estimate of drug-likeness (QED) is 0.879. The molecule has 1 aromatic carbocycles. The molecule has 0 aliphatic carbocycles. The normalized spacial score (nSPS) is 9.94. The van der Waals surface area contributed by atoms with E-state index < -0.39 is 5.97 Å². The van der Waals surface area contributed by atoms with Crippen LogP contribution < -0.4 is 4.74 Å². The van der Waals surface area contributed by atoms with Crippen molar-refractivity contribution in [2.75, 3.05) is 0 Å². The Morgan fingerprint density at radius 1 is 1.18 bits per heavy atom. The van der Waals surface area contributed by atoms with Gasteiger partial charge < -0.3 is 9.84 Å². The van der Waals surface area contributed by atoms with E-state index in [9.17, 15) is 4.79 Å². The lowest BCUT2D eigenvalue weighted by Crippen LogP contribution is -2.00. The summed E-state index contributed by atoms with van der Waals surface area (Å²) in [5.41, 5.74) is 0.850. The number of para-hydroxylation sites is 1. The van der Waals surface area contributed by atoms with Crippen molar-refractivity contribution >= 4 is 5.97 Å². The standard InChI is InChI=1S/C13H11NO3/c1-9-11(7-4-8-14-9)17-12-6-3-2-5-10(12)13(15)16/h2-8H,1H3,(H,15,16). The van der Waals surface area contributed by atoms with Crippen molar-refractivity contribution in [2.24, 2.45) is 0 Å². The van der Waals surface area contributed by atoms with Gasteiger partial charge in [0.2, 0.25) is 0 Å². The molecule has 0 saturated heterocycles. The topological polar surface area (TPSA) is 59.4 Å². The first-order valence-corrected chi connectivity index (χ1v) is 5.10. The summed E-state index contributed by atoms with van der Waals surface area (Å²) in [6, 6.07) is 10.0. The molecule has 4 nitrogen and oxygen atoms in total. The number of rotatable bonds is 3. The van der Waals surface area contributed by atoms with Gasteiger partial charge in [-0.1, -0.05) is 12.1 Å². The average Bonchev–Trinajstić information content (AvgIpc) is 2.32. The lowest BCUT2D eigenvalue weighted by Gasteiger charge is -2.09. The molecular weight excluding hydrogens is 218 g/mol. The molecule has 0 saturated carbocycles. The third-order valence-corrected chi connectivity index (χ3v) is 2.30. The van der Waals surface area contributed by atoms with Crippen molar-refractivity contribution < 1.29 is 14.6 Å². The molecule has 0 aliphatic heterocycles. The molecule has 86 valence electrons. The lowest BCUT2D eigenvalue weighted by molar-refractivity contribution is 0.0694. The van der Waals surface area contributed by atoms with Gasteiger partial charge in [0, 0.05) is 6.20 Å². The van der Waals surface area contributed by atoms with Crippen LogP contribution in [0.5, 0.6) is 11.5 Å². The molecular formula is C13H11NO3. The highest BCUT2D eigenvalue weighted by molar-refractivity contribution is 5.90. The number of benzene rings is 1. The zero-order valence-electron chi connectivity index (χ0n) is 9.25. The fourth-order valence-corrected chi connectivity index (χ4v) is 1.43. The van der Waals surface area contributed by atoms with Crippen LogP contribution in [0.3, 0.4) is 0 Å². The highest BCUT2D eigenvalue weighted by atomic mass is 16.5. The summed E-state index contributed by atoms with van der Waals surface area (Å²) in [7, 11) is 0. The molecule has 2 aromatic rings. The predicted octanol–water partition coefficient (Wildman–Crippen LogP) is 2.88. The zero-order valence-corrected chi connectivity index (χ0v) is 9.25. The minimum atomic E-state index is -1.01. The summed E-state index contributed by atoms with van der Waals surface area (Å²) < 4.78 is 5.56. The van der Waals surface area contributed by atoms with Gasteiger partial charge >= 0.3 is 5.97 Å². The number of aromatic carboxylic acids is 1. The molecule has 0 atom stereocenters. The van der Waals surface area contributed by atoms with Crippen LogP contribution >= 0.6 is 0 Å². The minimum Gasteiger partial charge on any atom is -0.478 e. The largest absolute Gasteiger partial charge is 0.478 e. The van der Waals surface area contributed by atoms with E-state index in [0.29, 0.717) is 17.2 Å². The Morgan fingerprint density at radius 3 is 2.59 bits per heavy atom. The first kappa shape index (κ1) is 11.1. The SMILES string of the molecule is Cc1ncccc1Oc1ccccc1C(=O)O. The Bertz CT molecular complexity index is 552. The van der Waals surface area contributed by atoms with Crippen LogP contribution in [-0.2, 0) is 0 Å². The van der Waals surface area contributed by atoms with Gasteiger partial charge in [0.15, 0.2) is 0 Å². The molecule has 1 heterocycles. The van der Waals surface area contributed by atoms with Gasteiger partial charge in [-0.05, 0) is 31.2 Å². The van der Waals surface area contributed by atoms with E-state index in [-0.39, 0.29) is 5.56 Å². The summed E-state index contributed by atoms with van der Waals surface area (Å²) >= 11 is 0. The zero-order chi connectivity index (χ0) is 12.3. The van der Waals surface area contributed by atoms with Gasteiger partial charge in [-0.2, -0.15) is 0 Å². The minimum absolute atomic E-state index is 0.135. The number of nitrogens with zero attached hydrogens (tertiary/aromatic N) is 1. The number of hydrogen-bond acceptors (Lipinski definition) is 3. The molecule has 0 unspecified atom stereocenters. The number of carbonyl (C=O) groups is 1. The summed E-state index contributed by atoms with van der Waals surface area (Å²) in [4.78, 5) is 15.1. The van der Waals surface area contributed by atoms with Gasteiger partial charge in [-0.3, -0.25) is 4.98 Å². The maximum atomic E-state index is 11.0. The van der Waals surface area contributed by atoms with Crippen LogP contribution in [-0.4, -0.2) is 16.1 Å². The second-order valence-electron chi connectivity index (χ2n) is 3.49. The van der Waals surface area contributed by atoms with E-state index in [0.717, 1.165) is 0 Å². The molecule has 2 rings (SSSR count). The number of carboxylic acids is 1. The second-order valence-corrected chi connectivity index (χ2v) is 3.49. The van der Waals surface area contributed by atoms with E-state index in [1.165, 1.54) is 6.07 Å². The first-order chi connectivity index (χ1) is 8.18. The van der Waals surface area contributed by atoms with Crippen LogP contribution in [0.2, 0.25) is 0 Å². The van der Waals surface area contributed by atoms with E-state index in [1.54, 1.807) is 43.5 Å². The Balaban J connectivity index is 2.37. The van der Waals surface area contributed by atoms with Crippen molar-refractivity contribution in [2.45, 2.75) is 6.92 Å². The van der Waals surface area contributed by atoms with Crippen LogP contribution in [0, 0.1) is 6.92 Å². The molecule has 1 N–H and O–H groups in total. The van der Waals surface area contributed by atoms with Gasteiger partial charge in [0.05, 0.1) is 5.69 Å². The Labute approximate surface area is 98.5 Å². The van der Waals surface area contributed by atoms with Crippen molar-refractivity contribution in [1.29, 1.82) is 0 Å². The summed E-state index contributed by atoms with van der Waals surface area (Å²) in [6.07, 6.45) is 1.66. The second kappa shape index (κ2) is 4.65. The maximum Gasteiger partial charge on any atom is 0.339 e. The summed E-state index contributed by atoms with van der Waals surface area (Å²) in [6.45, 7) is 1.80. The molecule has 0 bridgehead atoms. The van der Waals surface area contributed by atoms with Crippen LogP contribution in [0.25, 0.3) is 0 Å². The molecule has 0 fully saturated rings. The fourth-order valence-electron chi connectivity index (χ4n) is 1.43. The van der Waals surface area contributed by atoms with E-state index in [4.69, 9.17) is 9.84 Å². The van der Waals surface area contributed by atoms with Crippen molar-refractivity contribution in [3.8, 4) is 11.5 Å². The Kier molecular flexibility index (Phi) is 3.05. The van der Waals surface area contributed by atoms with E-state index >= 15 is 0 Å². The molecule has 0 radical (unpaired) electrons. The molecule has 0 aliphatic rings. The third kappa shape index (κ3) is 2.42. The van der Waals surface area contributed by atoms with Gasteiger partial charge in [-0.25, -0.2) is 4.79 Å². The molecule has 4 heteroatoms. The van der Waals surface area contributed by atoms with Gasteiger partial charge in [0.1, 0.15) is 17.1 Å².